The Balaban J connectivity index is 3.12. The number of pyridine rings is 1. The Hall–Kier alpha value is -1.62. The lowest BCUT2D eigenvalue weighted by Crippen LogP contribution is -2.12. The van der Waals surface area contributed by atoms with Gasteiger partial charge in [-0.1, -0.05) is 0 Å². The van der Waals surface area contributed by atoms with Crippen molar-refractivity contribution in [1.82, 2.24) is 10.7 Å². The molecule has 0 fully saturated rings. The molecule has 0 aliphatic rings. The molecule has 0 aliphatic heterocycles. The van der Waals surface area contributed by atoms with Crippen LogP contribution in [0.5, 0.6) is 0 Å². The largest absolute Gasteiger partial charge is 0.323 e. The lowest BCUT2D eigenvalue weighted by atomic mass is 10.2. The van der Waals surface area contributed by atoms with E-state index in [0.717, 1.165) is 0 Å². The molecule has 57 valence electrons. The van der Waals surface area contributed by atoms with Gasteiger partial charge in [-0.3, -0.25) is 21.4 Å². The second-order valence-electron chi connectivity index (χ2n) is 1.89. The van der Waals surface area contributed by atoms with Crippen molar-refractivity contribution in [3.63, 3.8) is 0 Å². The second kappa shape index (κ2) is 2.98. The van der Waals surface area contributed by atoms with Crippen LogP contribution in [0.1, 0.15) is 10.4 Å². The molecule has 0 aliphatic carbocycles. The minimum Gasteiger partial charge on any atom is -0.323 e. The molecule has 1 radical (unpaired) electrons. The van der Waals surface area contributed by atoms with Gasteiger partial charge in [-0.05, 0) is 6.07 Å². The maximum absolute atomic E-state index is 10.6. The smallest absolute Gasteiger partial charge is 0.273 e. The zero-order chi connectivity index (χ0) is 8.27. The van der Waals surface area contributed by atoms with Gasteiger partial charge in [0, 0.05) is 12.4 Å². The van der Waals surface area contributed by atoms with E-state index in [0.29, 0.717) is 5.69 Å². The molecule has 1 heterocycles. The monoisotopic (exact) mass is 151 g/mol. The van der Waals surface area contributed by atoms with Crippen molar-refractivity contribution >= 4 is 11.6 Å². The normalized spacial score (nSPS) is 9.18. The van der Waals surface area contributed by atoms with Crippen molar-refractivity contribution in [2.45, 2.75) is 0 Å². The average Bonchev–Trinajstić information content (AvgIpc) is 2.04. The van der Waals surface area contributed by atoms with Gasteiger partial charge >= 0.3 is 0 Å². The highest BCUT2D eigenvalue weighted by atomic mass is 16.1. The third-order valence-corrected chi connectivity index (χ3v) is 1.22. The molecular formula is C6H7N4O. The Bertz CT molecular complexity index is 273. The van der Waals surface area contributed by atoms with Gasteiger partial charge in [0.25, 0.3) is 5.91 Å². The van der Waals surface area contributed by atoms with E-state index in [2.05, 4.69) is 10.4 Å². The molecule has 0 unspecified atom stereocenters. The summed E-state index contributed by atoms with van der Waals surface area (Å²) in [6.45, 7) is 0. The molecule has 11 heavy (non-hydrogen) atoms. The molecule has 0 saturated carbocycles. The number of hydrogen-bond donors (Lipinski definition) is 2. The molecule has 5 nitrogen and oxygen atoms in total. The van der Waals surface area contributed by atoms with Crippen molar-refractivity contribution in [1.29, 1.82) is 0 Å². The molecule has 1 amide bonds. The first kappa shape index (κ1) is 7.49. The predicted molar refractivity (Wildman–Crippen MR) is 39.5 cm³/mol. The number of nitrogens with one attached hydrogen (secondary N) is 2. The number of nitrogens with zero attached hydrogens (tertiary/aromatic N) is 1. The molecule has 0 aromatic carbocycles. The topological polar surface area (TPSA) is 91.8 Å². The summed E-state index contributed by atoms with van der Waals surface area (Å²) >= 11 is 0. The maximum Gasteiger partial charge on any atom is 0.273 e. The van der Waals surface area contributed by atoms with Crippen LogP contribution in [0.25, 0.3) is 0 Å². The first-order valence-electron chi connectivity index (χ1n) is 2.92. The molecule has 1 rings (SSSR count). The minimum absolute atomic E-state index is 0.176. The summed E-state index contributed by atoms with van der Waals surface area (Å²) in [4.78, 5) is 14.2. The van der Waals surface area contributed by atoms with E-state index < -0.39 is 5.91 Å². The van der Waals surface area contributed by atoms with Crippen molar-refractivity contribution in [2.75, 3.05) is 5.43 Å². The van der Waals surface area contributed by atoms with Crippen LogP contribution in [0.15, 0.2) is 18.5 Å². The molecule has 1 aromatic heterocycles. The summed E-state index contributed by atoms with van der Waals surface area (Å²) in [5.74, 6) is 4.28. The first-order chi connectivity index (χ1) is 5.25. The number of anilines is 1. The van der Waals surface area contributed by atoms with Crippen LogP contribution in [0.2, 0.25) is 0 Å². The summed E-state index contributed by atoms with van der Waals surface area (Å²) in [6.07, 6.45) is 2.78. The molecule has 0 spiro atoms. The Morgan fingerprint density at radius 1 is 1.73 bits per heavy atom. The second-order valence-corrected chi connectivity index (χ2v) is 1.89. The fourth-order valence-corrected chi connectivity index (χ4v) is 0.701. The predicted octanol–water partition coefficient (Wildman–Crippen LogP) is -0.210. The zero-order valence-corrected chi connectivity index (χ0v) is 5.66. The Labute approximate surface area is 63.4 Å². The third kappa shape index (κ3) is 1.44. The van der Waals surface area contributed by atoms with E-state index in [9.17, 15) is 4.79 Å². The van der Waals surface area contributed by atoms with Crippen molar-refractivity contribution in [3.8, 4) is 0 Å². The highest BCUT2D eigenvalue weighted by Crippen LogP contribution is 2.10. The van der Waals surface area contributed by atoms with Crippen LogP contribution >= 0.6 is 0 Å². The lowest BCUT2D eigenvalue weighted by molar-refractivity contribution is 0.0992. The molecule has 0 saturated heterocycles. The van der Waals surface area contributed by atoms with Gasteiger partial charge in [0.15, 0.2) is 0 Å². The van der Waals surface area contributed by atoms with Gasteiger partial charge in [-0.2, -0.15) is 0 Å². The Morgan fingerprint density at radius 3 is 2.91 bits per heavy atom. The fourth-order valence-electron chi connectivity index (χ4n) is 0.701. The van der Waals surface area contributed by atoms with Crippen LogP contribution in [-0.4, -0.2) is 10.9 Å². The van der Waals surface area contributed by atoms with Crippen LogP contribution < -0.4 is 17.0 Å². The maximum atomic E-state index is 10.6. The molecule has 1 aromatic rings. The molecular weight excluding hydrogens is 144 g/mol. The van der Waals surface area contributed by atoms with Crippen molar-refractivity contribution < 1.29 is 4.79 Å². The number of nitrogen functional groups attached to an aromatic ring is 1. The van der Waals surface area contributed by atoms with Gasteiger partial charge in [-0.15, -0.1) is 0 Å². The SMILES string of the molecule is [NH]C(=O)c1cnccc1NN. The van der Waals surface area contributed by atoms with Crippen molar-refractivity contribution in [3.05, 3.63) is 24.0 Å². The van der Waals surface area contributed by atoms with Gasteiger partial charge < -0.3 is 5.43 Å². The molecule has 4 N–H and O–H groups in total. The molecule has 0 atom stereocenters. The number of hydrogen-bond acceptors (Lipinski definition) is 4. The van der Waals surface area contributed by atoms with E-state index in [1.807, 2.05) is 0 Å². The van der Waals surface area contributed by atoms with E-state index in [4.69, 9.17) is 11.6 Å². The molecule has 0 bridgehead atoms. The van der Waals surface area contributed by atoms with Crippen LogP contribution in [-0.2, 0) is 0 Å². The molecule has 5 heteroatoms. The first-order valence-corrected chi connectivity index (χ1v) is 2.92. The summed E-state index contributed by atoms with van der Waals surface area (Å²) < 4.78 is 0. The summed E-state index contributed by atoms with van der Waals surface area (Å²) in [6, 6.07) is 1.53. The highest BCUT2D eigenvalue weighted by Gasteiger charge is 2.05. The summed E-state index contributed by atoms with van der Waals surface area (Å²) in [7, 11) is 0. The van der Waals surface area contributed by atoms with E-state index >= 15 is 0 Å². The van der Waals surface area contributed by atoms with Crippen LogP contribution in [0, 0.1) is 0 Å². The van der Waals surface area contributed by atoms with Crippen LogP contribution in [0.4, 0.5) is 5.69 Å². The van der Waals surface area contributed by atoms with E-state index in [1.54, 1.807) is 0 Å². The van der Waals surface area contributed by atoms with Gasteiger partial charge in [0.1, 0.15) is 0 Å². The number of nitrogens with two attached hydrogens (primary N) is 1. The number of carbonyl (C=O) groups excluding carboxylic acids is 1. The standard InChI is InChI=1S/C6H7N4O/c7-6(11)4-3-9-2-1-5(4)10-8/h1-3,7H,8H2,(H,9,10). The quantitative estimate of drug-likeness (QED) is 0.452. The Kier molecular flexibility index (Phi) is 2.03. The minimum atomic E-state index is -0.800. The van der Waals surface area contributed by atoms with E-state index in [-0.39, 0.29) is 5.56 Å². The van der Waals surface area contributed by atoms with Gasteiger partial charge in [0.05, 0.1) is 11.3 Å². The highest BCUT2D eigenvalue weighted by molar-refractivity contribution is 5.97. The van der Waals surface area contributed by atoms with E-state index in [1.165, 1.54) is 18.5 Å². The number of aromatic nitrogens is 1. The summed E-state index contributed by atoms with van der Waals surface area (Å²) in [5, 5.41) is 0. The van der Waals surface area contributed by atoms with Crippen molar-refractivity contribution in [2.24, 2.45) is 5.84 Å². The number of amides is 1. The fraction of sp³-hybridized carbons (Fsp3) is 0. The lowest BCUT2D eigenvalue weighted by Gasteiger charge is -2.01. The summed E-state index contributed by atoms with van der Waals surface area (Å²) in [5.41, 5.74) is 9.68. The average molecular weight is 151 g/mol. The Morgan fingerprint density at radius 2 is 2.45 bits per heavy atom. The number of rotatable bonds is 2. The third-order valence-electron chi connectivity index (χ3n) is 1.22. The van der Waals surface area contributed by atoms with Gasteiger partial charge in [0.2, 0.25) is 0 Å². The van der Waals surface area contributed by atoms with Crippen LogP contribution in [0.3, 0.4) is 0 Å². The van der Waals surface area contributed by atoms with Gasteiger partial charge in [-0.25, -0.2) is 0 Å². The number of hydrazine groups is 1. The zero-order valence-electron chi connectivity index (χ0n) is 5.66. The number of carbonyl (C=O) groups is 1.